The Balaban J connectivity index is 0.00000385. The van der Waals surface area contributed by atoms with Crippen molar-refractivity contribution in [2.45, 2.75) is 56.9 Å². The maximum absolute atomic E-state index is 13.0. The van der Waals surface area contributed by atoms with Crippen LogP contribution in [-0.4, -0.2) is 41.4 Å². The molecule has 2 fully saturated rings. The number of halogens is 7. The number of aliphatic imine (C=N–C) groups is 1. The number of carbonyl (C=O) groups excluding carboxylic acids is 1. The van der Waals surface area contributed by atoms with Gasteiger partial charge in [-0.25, -0.2) is 0 Å². The molecule has 0 aromatic heterocycles. The molecule has 1 aliphatic carbocycles. The highest BCUT2D eigenvalue weighted by atomic mass is 35.5. The minimum atomic E-state index is -4.97. The van der Waals surface area contributed by atoms with E-state index >= 15 is 0 Å². The molecule has 12 heteroatoms. The van der Waals surface area contributed by atoms with Crippen molar-refractivity contribution in [2.24, 2.45) is 10.9 Å². The molecule has 1 saturated carbocycles. The predicted octanol–water partition coefficient (Wildman–Crippen LogP) is 6.46. The Bertz CT molecular complexity index is 823. The molecule has 1 atom stereocenters. The summed E-state index contributed by atoms with van der Waals surface area (Å²) in [7, 11) is 1.80. The Morgan fingerprint density at radius 2 is 1.64 bits per heavy atom. The lowest BCUT2D eigenvalue weighted by molar-refractivity contribution is -0.143. The number of amides is 1. The number of rotatable bonds is 5. The van der Waals surface area contributed by atoms with Crippen molar-refractivity contribution >= 4 is 40.9 Å². The molecular weight excluding hydrogens is 492 g/mol. The minimum Gasteiger partial charge on any atom is -0.350 e. The zero-order valence-electron chi connectivity index (χ0n) is 17.9. The Morgan fingerprint density at radius 3 is 2.18 bits per heavy atom. The number of hydrogen-bond donors (Lipinski definition) is 1. The summed E-state index contributed by atoms with van der Waals surface area (Å²) in [5, 5.41) is 3.01. The quantitative estimate of drug-likeness (QED) is 0.456. The van der Waals surface area contributed by atoms with E-state index in [0.29, 0.717) is 23.8 Å². The second-order valence-electron chi connectivity index (χ2n) is 8.25. The van der Waals surface area contributed by atoms with E-state index in [0.717, 1.165) is 24.6 Å². The molecule has 1 amide bonds. The molecule has 0 radical (unpaired) electrons. The number of thioether (sulfide) groups is 1. The number of nitrogens with one attached hydrogen (secondary N) is 1. The van der Waals surface area contributed by atoms with Crippen LogP contribution in [0.15, 0.2) is 23.2 Å². The van der Waals surface area contributed by atoms with Crippen molar-refractivity contribution in [1.29, 1.82) is 0 Å². The van der Waals surface area contributed by atoms with Gasteiger partial charge in [0, 0.05) is 37.5 Å². The van der Waals surface area contributed by atoms with E-state index in [1.165, 1.54) is 31.0 Å². The van der Waals surface area contributed by atoms with Gasteiger partial charge in [0.15, 0.2) is 5.17 Å². The maximum atomic E-state index is 13.0. The molecular formula is C21H26ClF6N3OS. The van der Waals surface area contributed by atoms with Crippen LogP contribution in [0.1, 0.15) is 49.7 Å². The number of benzene rings is 1. The molecule has 3 rings (SSSR count). The molecule has 186 valence electrons. The molecule has 1 heterocycles. The van der Waals surface area contributed by atoms with E-state index in [4.69, 9.17) is 0 Å². The van der Waals surface area contributed by atoms with Gasteiger partial charge in [0.1, 0.15) is 0 Å². The van der Waals surface area contributed by atoms with Gasteiger partial charge >= 0.3 is 12.4 Å². The van der Waals surface area contributed by atoms with Crippen LogP contribution in [0.25, 0.3) is 0 Å². The van der Waals surface area contributed by atoms with Crippen molar-refractivity contribution in [2.75, 3.05) is 24.7 Å². The first kappa shape index (κ1) is 27.6. The number of nitrogens with zero attached hydrogens (tertiary/aromatic N) is 2. The molecule has 0 spiro atoms. The molecule has 1 saturated heterocycles. The maximum Gasteiger partial charge on any atom is 0.416 e. The molecule has 33 heavy (non-hydrogen) atoms. The van der Waals surface area contributed by atoms with Gasteiger partial charge in [-0.2, -0.15) is 26.3 Å². The first-order valence-corrected chi connectivity index (χ1v) is 11.4. The summed E-state index contributed by atoms with van der Waals surface area (Å²) in [5.74, 6) is 0.490. The van der Waals surface area contributed by atoms with Crippen LogP contribution in [-0.2, 0) is 17.1 Å². The van der Waals surface area contributed by atoms with Crippen LogP contribution >= 0.6 is 24.2 Å². The van der Waals surface area contributed by atoms with Crippen LogP contribution in [0.2, 0.25) is 0 Å². The molecule has 4 nitrogen and oxygen atoms in total. The summed E-state index contributed by atoms with van der Waals surface area (Å²) in [6.45, 7) is 0.732. The lowest BCUT2D eigenvalue weighted by atomic mass is 9.89. The Kier molecular flexibility index (Phi) is 9.38. The standard InChI is InChI=1S/C21H25F6N3OS.ClH/c1-30-17(12-32-19(30)28-11-13-5-3-2-4-6-13)10-18(31)29-16-8-14(20(22,23)24)7-15(9-16)21(25,26)27;/h7-9,13,17H,2-6,10-12H2,1H3,(H,29,31);1H. The van der Waals surface area contributed by atoms with E-state index in [9.17, 15) is 31.1 Å². The molecule has 1 aromatic rings. The smallest absolute Gasteiger partial charge is 0.350 e. The third-order valence-corrected chi connectivity index (χ3v) is 6.98. The number of hydrogen-bond acceptors (Lipinski definition) is 3. The van der Waals surface area contributed by atoms with Crippen molar-refractivity contribution in [3.05, 3.63) is 29.3 Å². The van der Waals surface area contributed by atoms with Crippen LogP contribution in [0.3, 0.4) is 0 Å². The lowest BCUT2D eigenvalue weighted by Gasteiger charge is -2.22. The SMILES string of the molecule is CN1C(=NCC2CCCCC2)SCC1CC(=O)Nc1cc(C(F)(F)F)cc(C(F)(F)F)c1.Cl. The zero-order chi connectivity index (χ0) is 23.5. The summed E-state index contributed by atoms with van der Waals surface area (Å²) >= 11 is 1.51. The van der Waals surface area contributed by atoms with Crippen molar-refractivity contribution < 1.29 is 31.1 Å². The monoisotopic (exact) mass is 517 g/mol. The van der Waals surface area contributed by atoms with E-state index < -0.39 is 35.1 Å². The topological polar surface area (TPSA) is 44.7 Å². The predicted molar refractivity (Wildman–Crippen MR) is 120 cm³/mol. The van der Waals surface area contributed by atoms with Gasteiger partial charge in [-0.1, -0.05) is 31.0 Å². The molecule has 1 aliphatic heterocycles. The summed E-state index contributed by atoms with van der Waals surface area (Å²) in [5.41, 5.74) is -3.46. The third kappa shape index (κ3) is 7.70. The summed E-state index contributed by atoms with van der Waals surface area (Å²) in [4.78, 5) is 18.9. The number of amidine groups is 1. The highest BCUT2D eigenvalue weighted by Crippen LogP contribution is 2.37. The van der Waals surface area contributed by atoms with Crippen LogP contribution in [0.4, 0.5) is 32.0 Å². The molecule has 1 N–H and O–H groups in total. The Labute approximate surface area is 199 Å². The second kappa shape index (κ2) is 11.2. The molecule has 1 unspecified atom stereocenters. The van der Waals surface area contributed by atoms with Gasteiger partial charge in [-0.15, -0.1) is 12.4 Å². The fourth-order valence-electron chi connectivity index (χ4n) is 3.92. The van der Waals surface area contributed by atoms with Gasteiger partial charge in [-0.05, 0) is 37.0 Å². The summed E-state index contributed by atoms with van der Waals surface area (Å²) in [6.07, 6.45) is -3.99. The van der Waals surface area contributed by atoms with Gasteiger partial charge < -0.3 is 10.2 Å². The summed E-state index contributed by atoms with van der Waals surface area (Å²) < 4.78 is 78.0. The van der Waals surface area contributed by atoms with Crippen molar-refractivity contribution in [3.63, 3.8) is 0 Å². The minimum absolute atomic E-state index is 0. The first-order chi connectivity index (χ1) is 14.9. The average molecular weight is 518 g/mol. The first-order valence-electron chi connectivity index (χ1n) is 10.4. The van der Waals surface area contributed by atoms with Crippen LogP contribution in [0.5, 0.6) is 0 Å². The Hall–Kier alpha value is -1.62. The number of alkyl halides is 6. The molecule has 1 aromatic carbocycles. The zero-order valence-corrected chi connectivity index (χ0v) is 19.6. The normalized spacial score (nSPS) is 21.2. The Morgan fingerprint density at radius 1 is 1.06 bits per heavy atom. The van der Waals surface area contributed by atoms with Crippen molar-refractivity contribution in [3.8, 4) is 0 Å². The summed E-state index contributed by atoms with van der Waals surface area (Å²) in [6, 6.07) is 0.818. The highest BCUT2D eigenvalue weighted by Gasteiger charge is 2.37. The van der Waals surface area contributed by atoms with Crippen molar-refractivity contribution in [1.82, 2.24) is 4.90 Å². The number of carbonyl (C=O) groups is 1. The van der Waals surface area contributed by atoms with E-state index in [1.54, 1.807) is 7.05 Å². The largest absolute Gasteiger partial charge is 0.416 e. The van der Waals surface area contributed by atoms with Gasteiger partial charge in [0.05, 0.1) is 11.1 Å². The molecule has 0 bridgehead atoms. The van der Waals surface area contributed by atoms with Crippen LogP contribution in [0, 0.1) is 5.92 Å². The lowest BCUT2D eigenvalue weighted by Crippen LogP contribution is -2.34. The fourth-order valence-corrected chi connectivity index (χ4v) is 5.13. The molecule has 2 aliphatic rings. The number of anilines is 1. The van der Waals surface area contributed by atoms with E-state index in [1.807, 2.05) is 4.90 Å². The van der Waals surface area contributed by atoms with E-state index in [-0.39, 0.29) is 30.9 Å². The van der Waals surface area contributed by atoms with Crippen LogP contribution < -0.4 is 5.32 Å². The van der Waals surface area contributed by atoms with E-state index in [2.05, 4.69) is 10.3 Å². The second-order valence-corrected chi connectivity index (χ2v) is 9.24. The average Bonchev–Trinajstić information content (AvgIpc) is 3.05. The van der Waals surface area contributed by atoms with Gasteiger partial charge in [0.2, 0.25) is 5.91 Å². The fraction of sp³-hybridized carbons (Fsp3) is 0.619. The van der Waals surface area contributed by atoms with Gasteiger partial charge in [-0.3, -0.25) is 9.79 Å². The highest BCUT2D eigenvalue weighted by molar-refractivity contribution is 8.14. The third-order valence-electron chi connectivity index (χ3n) is 5.76. The van der Waals surface area contributed by atoms with Gasteiger partial charge in [0.25, 0.3) is 0 Å².